The summed E-state index contributed by atoms with van der Waals surface area (Å²) in [6, 6.07) is 10.0. The zero-order valence-electron chi connectivity index (χ0n) is 12.1. The molecule has 4 nitrogen and oxygen atoms in total. The lowest BCUT2D eigenvalue weighted by molar-refractivity contribution is -0.133. The lowest BCUT2D eigenvalue weighted by Crippen LogP contribution is -2.38. The van der Waals surface area contributed by atoms with Crippen LogP contribution >= 0.6 is 0 Å². The predicted octanol–water partition coefficient (Wildman–Crippen LogP) is 2.60. The largest absolute Gasteiger partial charge is 0.390 e. The molecule has 1 aliphatic heterocycles. The summed E-state index contributed by atoms with van der Waals surface area (Å²) in [6.45, 7) is 4.90. The molecule has 4 heteroatoms. The third-order valence-electron chi connectivity index (χ3n) is 3.85. The van der Waals surface area contributed by atoms with E-state index in [-0.39, 0.29) is 17.9 Å². The first-order valence-electron chi connectivity index (χ1n) is 7.45. The van der Waals surface area contributed by atoms with E-state index >= 15 is 0 Å². The first-order chi connectivity index (χ1) is 10.3. The second-order valence-corrected chi connectivity index (χ2v) is 5.64. The van der Waals surface area contributed by atoms with Crippen molar-refractivity contribution < 1.29 is 9.63 Å². The van der Waals surface area contributed by atoms with Crippen LogP contribution in [0.5, 0.6) is 0 Å². The van der Waals surface area contributed by atoms with Crippen molar-refractivity contribution in [2.45, 2.75) is 25.4 Å². The number of benzene rings is 1. The highest BCUT2D eigenvalue weighted by Gasteiger charge is 2.35. The number of rotatable bonds is 6. The van der Waals surface area contributed by atoms with Gasteiger partial charge in [0.1, 0.15) is 0 Å². The smallest absolute Gasteiger partial charge is 0.226 e. The highest BCUT2D eigenvalue weighted by Crippen LogP contribution is 2.31. The summed E-state index contributed by atoms with van der Waals surface area (Å²) in [5.74, 6) is 0.451. The van der Waals surface area contributed by atoms with Crippen LogP contribution in [-0.2, 0) is 9.63 Å². The Morgan fingerprint density at radius 2 is 2.14 bits per heavy atom. The highest BCUT2D eigenvalue weighted by molar-refractivity contribution is 6.01. The summed E-state index contributed by atoms with van der Waals surface area (Å²) in [7, 11) is 0. The Balaban J connectivity index is 1.59. The summed E-state index contributed by atoms with van der Waals surface area (Å²) in [5.41, 5.74) is 2.04. The fourth-order valence-electron chi connectivity index (χ4n) is 2.57. The fourth-order valence-corrected chi connectivity index (χ4v) is 2.57. The normalized spacial score (nSPS) is 20.6. The van der Waals surface area contributed by atoms with Gasteiger partial charge in [0.05, 0.1) is 12.3 Å². The average molecular weight is 284 g/mol. The molecule has 0 radical (unpaired) electrons. The molecule has 1 heterocycles. The number of oxime groups is 1. The molecule has 1 aromatic rings. The summed E-state index contributed by atoms with van der Waals surface area (Å²) < 4.78 is 0. The van der Waals surface area contributed by atoms with Crippen LogP contribution in [-0.4, -0.2) is 35.7 Å². The molecule has 0 aromatic heterocycles. The molecule has 21 heavy (non-hydrogen) atoms. The van der Waals surface area contributed by atoms with E-state index in [0.29, 0.717) is 13.1 Å². The number of hydrogen-bond donors (Lipinski definition) is 0. The third kappa shape index (κ3) is 3.32. The van der Waals surface area contributed by atoms with Crippen LogP contribution in [0.2, 0.25) is 0 Å². The predicted molar refractivity (Wildman–Crippen MR) is 82.0 cm³/mol. The Morgan fingerprint density at radius 1 is 1.38 bits per heavy atom. The third-order valence-corrected chi connectivity index (χ3v) is 3.85. The number of carbonyl (C=O) groups excluding carboxylic acids is 1. The zero-order valence-corrected chi connectivity index (χ0v) is 12.1. The van der Waals surface area contributed by atoms with Gasteiger partial charge in [-0.3, -0.25) is 4.79 Å². The SMILES string of the molecule is C=CCN(C[C@H]1CC(c2ccccc2)=NO1)C(=O)C1CC1. The van der Waals surface area contributed by atoms with Crippen molar-refractivity contribution in [1.29, 1.82) is 0 Å². The lowest BCUT2D eigenvalue weighted by Gasteiger charge is -2.23. The molecule has 3 rings (SSSR count). The van der Waals surface area contributed by atoms with E-state index in [1.54, 1.807) is 6.08 Å². The van der Waals surface area contributed by atoms with Crippen molar-refractivity contribution in [1.82, 2.24) is 4.90 Å². The van der Waals surface area contributed by atoms with E-state index in [4.69, 9.17) is 4.84 Å². The van der Waals surface area contributed by atoms with Crippen LogP contribution in [0, 0.1) is 5.92 Å². The van der Waals surface area contributed by atoms with Crippen LogP contribution < -0.4 is 0 Å². The first-order valence-corrected chi connectivity index (χ1v) is 7.45. The zero-order chi connectivity index (χ0) is 14.7. The molecule has 1 saturated carbocycles. The monoisotopic (exact) mass is 284 g/mol. The van der Waals surface area contributed by atoms with Crippen molar-refractivity contribution in [2.24, 2.45) is 11.1 Å². The molecule has 0 bridgehead atoms. The second-order valence-electron chi connectivity index (χ2n) is 5.64. The Bertz CT molecular complexity index is 549. The Kier molecular flexibility index (Phi) is 4.04. The first kappa shape index (κ1) is 13.9. The quantitative estimate of drug-likeness (QED) is 0.754. The standard InChI is InChI=1S/C17H20N2O2/c1-2-10-19(17(20)14-8-9-14)12-15-11-16(18-21-15)13-6-4-3-5-7-13/h2-7,14-15H,1,8-12H2/t15-/m1/s1. The van der Waals surface area contributed by atoms with Gasteiger partial charge in [0, 0.05) is 18.9 Å². The minimum atomic E-state index is -0.0529. The van der Waals surface area contributed by atoms with Crippen LogP contribution in [0.3, 0.4) is 0 Å². The van der Waals surface area contributed by atoms with Gasteiger partial charge < -0.3 is 9.74 Å². The Labute approximate surface area is 125 Å². The summed E-state index contributed by atoms with van der Waals surface area (Å²) in [6.07, 6.45) is 4.50. The molecule has 1 amide bonds. The van der Waals surface area contributed by atoms with Gasteiger partial charge in [-0.05, 0) is 18.4 Å². The molecule has 0 saturated heterocycles. The van der Waals surface area contributed by atoms with Crippen LogP contribution in [0.1, 0.15) is 24.8 Å². The van der Waals surface area contributed by atoms with Crippen molar-refractivity contribution in [3.05, 3.63) is 48.6 Å². The van der Waals surface area contributed by atoms with E-state index in [9.17, 15) is 4.79 Å². The summed E-state index contributed by atoms with van der Waals surface area (Å²) in [5, 5.41) is 4.17. The molecule has 1 aromatic carbocycles. The van der Waals surface area contributed by atoms with Gasteiger partial charge in [-0.25, -0.2) is 0 Å². The lowest BCUT2D eigenvalue weighted by atomic mass is 10.0. The van der Waals surface area contributed by atoms with Crippen molar-refractivity contribution in [3.63, 3.8) is 0 Å². The van der Waals surface area contributed by atoms with Crippen LogP contribution in [0.25, 0.3) is 0 Å². The number of carbonyl (C=O) groups is 1. The number of nitrogens with zero attached hydrogens (tertiary/aromatic N) is 2. The van der Waals surface area contributed by atoms with Crippen molar-refractivity contribution >= 4 is 11.6 Å². The minimum Gasteiger partial charge on any atom is -0.390 e. The Morgan fingerprint density at radius 3 is 2.81 bits per heavy atom. The second kappa shape index (κ2) is 6.12. The van der Waals surface area contributed by atoms with Gasteiger partial charge in [0.15, 0.2) is 6.10 Å². The maximum absolute atomic E-state index is 12.2. The van der Waals surface area contributed by atoms with Gasteiger partial charge in [-0.2, -0.15) is 0 Å². The molecule has 0 unspecified atom stereocenters. The molecular formula is C17H20N2O2. The molecule has 1 atom stereocenters. The number of hydrogen-bond acceptors (Lipinski definition) is 3. The van der Waals surface area contributed by atoms with Gasteiger partial charge in [0.25, 0.3) is 0 Å². The van der Waals surface area contributed by atoms with E-state index < -0.39 is 0 Å². The summed E-state index contributed by atoms with van der Waals surface area (Å²) >= 11 is 0. The highest BCUT2D eigenvalue weighted by atomic mass is 16.6. The topological polar surface area (TPSA) is 41.9 Å². The fraction of sp³-hybridized carbons (Fsp3) is 0.412. The molecule has 2 aliphatic rings. The van der Waals surface area contributed by atoms with Crippen molar-refractivity contribution in [2.75, 3.05) is 13.1 Å². The van der Waals surface area contributed by atoms with Gasteiger partial charge >= 0.3 is 0 Å². The van der Waals surface area contributed by atoms with Crippen LogP contribution in [0.15, 0.2) is 48.1 Å². The molecule has 0 spiro atoms. The summed E-state index contributed by atoms with van der Waals surface area (Å²) in [4.78, 5) is 19.6. The van der Waals surface area contributed by atoms with Crippen LogP contribution in [0.4, 0.5) is 0 Å². The average Bonchev–Trinajstić information content (AvgIpc) is 3.26. The Hall–Kier alpha value is -2.10. The van der Waals surface area contributed by atoms with Gasteiger partial charge in [-0.15, -0.1) is 6.58 Å². The number of amides is 1. The molecule has 0 N–H and O–H groups in total. The van der Waals surface area contributed by atoms with E-state index in [1.165, 1.54) is 0 Å². The molecular weight excluding hydrogens is 264 g/mol. The van der Waals surface area contributed by atoms with E-state index in [1.807, 2.05) is 35.2 Å². The van der Waals surface area contributed by atoms with Gasteiger partial charge in [-0.1, -0.05) is 41.6 Å². The molecule has 1 aliphatic carbocycles. The maximum Gasteiger partial charge on any atom is 0.226 e. The minimum absolute atomic E-state index is 0.0529. The molecule has 1 fully saturated rings. The van der Waals surface area contributed by atoms with Crippen molar-refractivity contribution in [3.8, 4) is 0 Å². The van der Waals surface area contributed by atoms with E-state index in [2.05, 4.69) is 11.7 Å². The van der Waals surface area contributed by atoms with E-state index in [0.717, 1.165) is 30.5 Å². The maximum atomic E-state index is 12.2. The molecule has 110 valence electrons. The van der Waals surface area contributed by atoms with Gasteiger partial charge in [0.2, 0.25) is 5.91 Å².